The number of benzene rings is 1. The lowest BCUT2D eigenvalue weighted by molar-refractivity contribution is 0.0783. The SMILES string of the molecule is Cc1nc2ccccn2c1-c1ccnc(Nc2ccc(C(=O)N3CCC(N(C)C)C3)cc2)n1. The number of hydrogen-bond donors (Lipinski definition) is 1. The van der Waals surface area contributed by atoms with E-state index in [1.54, 1.807) is 6.20 Å². The lowest BCUT2D eigenvalue weighted by Gasteiger charge is -2.20. The monoisotopic (exact) mass is 441 g/mol. The summed E-state index contributed by atoms with van der Waals surface area (Å²) in [6.45, 7) is 3.55. The average molecular weight is 442 g/mol. The van der Waals surface area contributed by atoms with Crippen LogP contribution in [0.5, 0.6) is 0 Å². The number of likely N-dealkylation sites (tertiary alicyclic amines) is 1. The van der Waals surface area contributed by atoms with Crippen LogP contribution in [0.1, 0.15) is 22.5 Å². The summed E-state index contributed by atoms with van der Waals surface area (Å²) < 4.78 is 2.03. The molecule has 0 radical (unpaired) electrons. The first-order valence-corrected chi connectivity index (χ1v) is 11.1. The molecule has 8 nitrogen and oxygen atoms in total. The zero-order valence-corrected chi connectivity index (χ0v) is 19.1. The molecule has 1 N–H and O–H groups in total. The predicted octanol–water partition coefficient (Wildman–Crippen LogP) is 3.62. The molecule has 168 valence electrons. The molecule has 0 spiro atoms. The molecule has 1 unspecified atom stereocenters. The van der Waals surface area contributed by atoms with Crippen LogP contribution in [0.2, 0.25) is 0 Å². The average Bonchev–Trinajstić information content (AvgIpc) is 3.44. The van der Waals surface area contributed by atoms with E-state index >= 15 is 0 Å². The smallest absolute Gasteiger partial charge is 0.253 e. The first-order chi connectivity index (χ1) is 16.0. The van der Waals surface area contributed by atoms with Gasteiger partial charge in [0, 0.05) is 42.8 Å². The molecule has 33 heavy (non-hydrogen) atoms. The second kappa shape index (κ2) is 8.63. The summed E-state index contributed by atoms with van der Waals surface area (Å²) in [6.07, 6.45) is 4.73. The van der Waals surface area contributed by atoms with Crippen molar-refractivity contribution in [3.8, 4) is 11.4 Å². The normalized spacial score (nSPS) is 16.0. The fourth-order valence-electron chi connectivity index (χ4n) is 4.33. The Kier molecular flexibility index (Phi) is 5.51. The standard InChI is InChI=1S/C25H27N7O/c1-17-23(32-14-5-4-6-22(32)27-17)21-11-13-26-25(29-21)28-19-9-7-18(8-10-19)24(33)31-15-12-20(16-31)30(2)3/h4-11,13-14,20H,12,15-16H2,1-3H3,(H,26,28,29). The Morgan fingerprint density at radius 1 is 1.09 bits per heavy atom. The number of aryl methyl sites for hydroxylation is 1. The van der Waals surface area contributed by atoms with E-state index in [1.807, 2.05) is 71.0 Å². The third kappa shape index (κ3) is 4.17. The molecule has 4 aromatic rings. The molecule has 1 aliphatic heterocycles. The summed E-state index contributed by atoms with van der Waals surface area (Å²) in [6, 6.07) is 15.7. The fourth-order valence-corrected chi connectivity index (χ4v) is 4.33. The zero-order chi connectivity index (χ0) is 22.9. The van der Waals surface area contributed by atoms with E-state index in [2.05, 4.69) is 34.3 Å². The van der Waals surface area contributed by atoms with Gasteiger partial charge in [0.15, 0.2) is 0 Å². The van der Waals surface area contributed by atoms with Gasteiger partial charge in [-0.1, -0.05) is 6.07 Å². The van der Waals surface area contributed by atoms with Gasteiger partial charge in [-0.25, -0.2) is 15.0 Å². The Balaban J connectivity index is 1.32. The Labute approximate surface area is 192 Å². The molecular weight excluding hydrogens is 414 g/mol. The third-order valence-corrected chi connectivity index (χ3v) is 6.17. The lowest BCUT2D eigenvalue weighted by Crippen LogP contribution is -2.34. The molecule has 1 aliphatic rings. The molecule has 5 rings (SSSR count). The number of imidazole rings is 1. The fraction of sp³-hybridized carbons (Fsp3) is 0.280. The van der Waals surface area contributed by atoms with E-state index in [0.29, 0.717) is 17.6 Å². The largest absolute Gasteiger partial charge is 0.337 e. The Bertz CT molecular complexity index is 1300. The van der Waals surface area contributed by atoms with Gasteiger partial charge in [0.05, 0.1) is 17.1 Å². The molecule has 1 atom stereocenters. The Morgan fingerprint density at radius 3 is 2.67 bits per heavy atom. The molecule has 1 amide bonds. The summed E-state index contributed by atoms with van der Waals surface area (Å²) in [5, 5.41) is 3.25. The van der Waals surface area contributed by atoms with E-state index in [4.69, 9.17) is 4.98 Å². The molecule has 1 fully saturated rings. The van der Waals surface area contributed by atoms with Gasteiger partial charge in [-0.05, 0) is 69.9 Å². The number of carbonyl (C=O) groups is 1. The van der Waals surface area contributed by atoms with Crippen LogP contribution in [0, 0.1) is 6.92 Å². The van der Waals surface area contributed by atoms with Gasteiger partial charge in [0.2, 0.25) is 5.95 Å². The highest BCUT2D eigenvalue weighted by atomic mass is 16.2. The van der Waals surface area contributed by atoms with E-state index in [0.717, 1.165) is 47.9 Å². The maximum absolute atomic E-state index is 12.9. The molecule has 3 aromatic heterocycles. The number of aromatic nitrogens is 4. The highest BCUT2D eigenvalue weighted by Crippen LogP contribution is 2.25. The van der Waals surface area contributed by atoms with E-state index in [-0.39, 0.29) is 5.91 Å². The van der Waals surface area contributed by atoms with Gasteiger partial charge in [-0.15, -0.1) is 0 Å². The van der Waals surface area contributed by atoms with Crippen LogP contribution in [0.15, 0.2) is 60.9 Å². The summed E-state index contributed by atoms with van der Waals surface area (Å²) in [5.74, 6) is 0.567. The van der Waals surface area contributed by atoms with Crippen molar-refractivity contribution in [3.05, 3.63) is 72.2 Å². The second-order valence-electron chi connectivity index (χ2n) is 8.60. The number of hydrogen-bond acceptors (Lipinski definition) is 6. The minimum absolute atomic E-state index is 0.0761. The van der Waals surface area contributed by atoms with Gasteiger partial charge in [-0.2, -0.15) is 0 Å². The van der Waals surface area contributed by atoms with Crippen LogP contribution in [0.4, 0.5) is 11.6 Å². The van der Waals surface area contributed by atoms with E-state index in [9.17, 15) is 4.79 Å². The second-order valence-corrected chi connectivity index (χ2v) is 8.60. The van der Waals surface area contributed by atoms with Gasteiger partial charge in [0.1, 0.15) is 5.65 Å². The van der Waals surface area contributed by atoms with Crippen LogP contribution in [0.3, 0.4) is 0 Å². The summed E-state index contributed by atoms with van der Waals surface area (Å²) in [7, 11) is 4.12. The van der Waals surface area contributed by atoms with Gasteiger partial charge < -0.3 is 15.1 Å². The minimum Gasteiger partial charge on any atom is -0.337 e. The first kappa shape index (κ1) is 21.1. The maximum Gasteiger partial charge on any atom is 0.253 e. The molecule has 0 aliphatic carbocycles. The number of nitrogens with zero attached hydrogens (tertiary/aromatic N) is 6. The van der Waals surface area contributed by atoms with Gasteiger partial charge >= 0.3 is 0 Å². The molecule has 1 aromatic carbocycles. The van der Waals surface area contributed by atoms with Crippen molar-refractivity contribution < 1.29 is 4.79 Å². The highest BCUT2D eigenvalue weighted by molar-refractivity contribution is 5.94. The van der Waals surface area contributed by atoms with Crippen molar-refractivity contribution in [3.63, 3.8) is 0 Å². The minimum atomic E-state index is 0.0761. The molecular formula is C25H27N7O. The summed E-state index contributed by atoms with van der Waals surface area (Å²) in [4.78, 5) is 30.7. The van der Waals surface area contributed by atoms with Crippen molar-refractivity contribution in [2.45, 2.75) is 19.4 Å². The highest BCUT2D eigenvalue weighted by Gasteiger charge is 2.28. The van der Waals surface area contributed by atoms with Crippen LogP contribution < -0.4 is 5.32 Å². The summed E-state index contributed by atoms with van der Waals surface area (Å²) >= 11 is 0. The number of anilines is 2. The first-order valence-electron chi connectivity index (χ1n) is 11.1. The summed E-state index contributed by atoms with van der Waals surface area (Å²) in [5.41, 5.74) is 5.04. The Hall–Kier alpha value is -3.78. The zero-order valence-electron chi connectivity index (χ0n) is 19.1. The number of likely N-dealkylation sites (N-methyl/N-ethyl adjacent to an activating group) is 1. The molecule has 4 heterocycles. The Morgan fingerprint density at radius 2 is 1.91 bits per heavy atom. The quantitative estimate of drug-likeness (QED) is 0.510. The van der Waals surface area contributed by atoms with Crippen LogP contribution in [-0.2, 0) is 0 Å². The van der Waals surface area contributed by atoms with Crippen LogP contribution >= 0.6 is 0 Å². The molecule has 8 heteroatoms. The number of carbonyl (C=O) groups excluding carboxylic acids is 1. The van der Waals surface area contributed by atoms with E-state index < -0.39 is 0 Å². The van der Waals surface area contributed by atoms with Crippen LogP contribution in [0.25, 0.3) is 17.0 Å². The van der Waals surface area contributed by atoms with Crippen molar-refractivity contribution in [1.82, 2.24) is 29.2 Å². The van der Waals surface area contributed by atoms with Crippen molar-refractivity contribution in [1.29, 1.82) is 0 Å². The predicted molar refractivity (Wildman–Crippen MR) is 129 cm³/mol. The van der Waals surface area contributed by atoms with Crippen molar-refractivity contribution in [2.24, 2.45) is 0 Å². The van der Waals surface area contributed by atoms with Gasteiger partial charge in [-0.3, -0.25) is 9.20 Å². The number of fused-ring (bicyclic) bond motifs is 1. The van der Waals surface area contributed by atoms with Crippen molar-refractivity contribution in [2.75, 3.05) is 32.5 Å². The third-order valence-electron chi connectivity index (χ3n) is 6.17. The number of rotatable bonds is 5. The topological polar surface area (TPSA) is 78.7 Å². The molecule has 0 saturated carbocycles. The van der Waals surface area contributed by atoms with Gasteiger partial charge in [0.25, 0.3) is 5.91 Å². The van der Waals surface area contributed by atoms with E-state index in [1.165, 1.54) is 0 Å². The van der Waals surface area contributed by atoms with Crippen molar-refractivity contribution >= 4 is 23.2 Å². The number of amides is 1. The maximum atomic E-state index is 12.9. The molecule has 1 saturated heterocycles. The molecule has 0 bridgehead atoms. The number of pyridine rings is 1. The number of nitrogens with one attached hydrogen (secondary N) is 1. The van der Waals surface area contributed by atoms with Crippen LogP contribution in [-0.4, -0.2) is 68.3 Å². The lowest BCUT2D eigenvalue weighted by atomic mass is 10.2.